The van der Waals surface area contributed by atoms with Crippen LogP contribution < -0.4 is 30.7 Å². The number of nitrogens with zero attached hydrogens (tertiary/aromatic N) is 12. The first-order valence-electron chi connectivity index (χ1n) is 40.1. The SMILES string of the molecule is COC(=O)C1CC(CN2CCc3nc(C(=O)Nc4cccc(-c5nccc(-c6ccc(CN(C[C@@H]7CCC(=O)N7)C(=O)OC(C)(C)C)c(OC)n6)c5Cl)c4Cl)n(C)c3C2)C1.COC(=O)C1CC(CN2CCc3nc(C(=O)Nc4cccc(-c5nccc(-c6ccc(CN(C[C@@H]7CCC(=O)N7)C(=O)OC(C)(C)C)c(OC)n6)c5Cl)c4Cl)n(C)c3C2)C1. The van der Waals surface area contributed by atoms with Gasteiger partial charge in [-0.3, -0.25) is 48.5 Å². The largest absolute Gasteiger partial charge is 0.481 e. The molecule has 6 amide bonds. The molecule has 0 unspecified atom stereocenters. The van der Waals surface area contributed by atoms with Crippen molar-refractivity contribution in [2.45, 2.75) is 155 Å². The van der Waals surface area contributed by atoms with Gasteiger partial charge in [0.2, 0.25) is 23.6 Å². The van der Waals surface area contributed by atoms with Gasteiger partial charge in [-0.05, 0) is 140 Å². The van der Waals surface area contributed by atoms with E-state index in [4.69, 9.17) is 94.8 Å². The van der Waals surface area contributed by atoms with Crippen LogP contribution in [0.15, 0.2) is 85.2 Å². The zero-order valence-corrected chi connectivity index (χ0v) is 72.3. The maximum atomic E-state index is 13.7. The first kappa shape index (κ1) is 87.3. The lowest BCUT2D eigenvalue weighted by atomic mass is 9.74. The van der Waals surface area contributed by atoms with E-state index in [9.17, 15) is 38.4 Å². The number of methoxy groups -OCH3 is 4. The number of aromatic nitrogens is 8. The monoisotopic (exact) mass is 1720 g/mol. The third kappa shape index (κ3) is 20.2. The van der Waals surface area contributed by atoms with Crippen molar-refractivity contribution in [2.75, 3.05) is 78.3 Å². The normalized spacial score (nSPS) is 18.9. The van der Waals surface area contributed by atoms with Crippen LogP contribution in [-0.2, 0) is 91.2 Å². The number of rotatable bonds is 24. The molecule has 120 heavy (non-hydrogen) atoms. The summed E-state index contributed by atoms with van der Waals surface area (Å²) in [6.45, 7) is 16.3. The van der Waals surface area contributed by atoms with Crippen molar-refractivity contribution < 1.29 is 66.8 Å². The van der Waals surface area contributed by atoms with E-state index in [0.29, 0.717) is 118 Å². The van der Waals surface area contributed by atoms with Gasteiger partial charge in [-0.1, -0.05) is 70.7 Å². The van der Waals surface area contributed by atoms with E-state index in [2.05, 4.69) is 41.0 Å². The number of amides is 6. The van der Waals surface area contributed by atoms with E-state index >= 15 is 0 Å². The predicted molar refractivity (Wildman–Crippen MR) is 451 cm³/mol. The van der Waals surface area contributed by atoms with Gasteiger partial charge in [-0.25, -0.2) is 29.5 Å². The molecule has 2 saturated heterocycles. The second-order valence-electron chi connectivity index (χ2n) is 33.2. The van der Waals surface area contributed by atoms with Crippen LogP contribution >= 0.6 is 46.4 Å². The van der Waals surface area contributed by atoms with Crippen LogP contribution in [0.5, 0.6) is 11.8 Å². The molecule has 8 aromatic rings. The van der Waals surface area contributed by atoms with Crippen molar-refractivity contribution in [3.8, 4) is 56.8 Å². The Morgan fingerprint density at radius 2 is 0.900 bits per heavy atom. The number of hydrogen-bond acceptors (Lipinski definition) is 22. The van der Waals surface area contributed by atoms with Crippen LogP contribution in [0.2, 0.25) is 20.1 Å². The molecule has 4 N–H and O–H groups in total. The highest BCUT2D eigenvalue weighted by Gasteiger charge is 2.40. The molecule has 2 aromatic carbocycles. The van der Waals surface area contributed by atoms with Gasteiger partial charge in [0, 0.05) is 150 Å². The van der Waals surface area contributed by atoms with Crippen LogP contribution in [0.25, 0.3) is 45.0 Å². The number of hydrogen-bond donors (Lipinski definition) is 4. The number of benzene rings is 2. The number of halogens is 4. The van der Waals surface area contributed by atoms with Crippen LogP contribution in [0.3, 0.4) is 0 Å². The molecule has 34 heteroatoms. The lowest BCUT2D eigenvalue weighted by Crippen LogP contribution is -2.43. The standard InChI is InChI=1S/2C43H50Cl2N8O7/c2*1-43(2,3)60-42(57)53(22-27-11-13-34(54)47-27)21-25-10-12-30(50-40(25)58-5)28-14-16-46-37(36(28)45)29-8-7-9-32(35(29)44)49-39(55)38-48-31-15-17-52(23-33(31)51(38)4)20-24-18-26(19-24)41(56)59-6/h2*7-10,12,14,16,24,26-27H,11,13,15,17-23H2,1-6H3,(H,47,54)(H,49,55)/t2*24?,26?,27-/m00/s1. The molecule has 636 valence electrons. The number of pyridine rings is 4. The lowest BCUT2D eigenvalue weighted by molar-refractivity contribution is -0.151. The average molecular weight is 1720 g/mol. The van der Waals surface area contributed by atoms with Crippen molar-refractivity contribution in [3.05, 3.63) is 151 Å². The van der Waals surface area contributed by atoms with Crippen LogP contribution in [0.1, 0.15) is 148 Å². The van der Waals surface area contributed by atoms with Gasteiger partial charge in [0.1, 0.15) is 11.2 Å². The number of esters is 2. The number of anilines is 2. The summed E-state index contributed by atoms with van der Waals surface area (Å²) in [7, 11) is 9.55. The molecule has 0 radical (unpaired) electrons. The van der Waals surface area contributed by atoms with Crippen molar-refractivity contribution >= 4 is 106 Å². The lowest BCUT2D eigenvalue weighted by Gasteiger charge is -2.38. The Bertz CT molecular complexity index is 4930. The minimum Gasteiger partial charge on any atom is -0.481 e. The molecule has 4 fully saturated rings. The molecular weight excluding hydrogens is 1620 g/mol. The Morgan fingerprint density at radius 1 is 0.508 bits per heavy atom. The van der Waals surface area contributed by atoms with Crippen molar-refractivity contribution in [3.63, 3.8) is 0 Å². The zero-order chi connectivity index (χ0) is 85.8. The third-order valence-corrected chi connectivity index (χ3v) is 23.9. The van der Waals surface area contributed by atoms with Gasteiger partial charge in [-0.2, -0.15) is 0 Å². The van der Waals surface area contributed by atoms with Gasteiger partial charge in [-0.15, -0.1) is 0 Å². The predicted octanol–water partition coefficient (Wildman–Crippen LogP) is 13.4. The van der Waals surface area contributed by atoms with E-state index in [1.165, 1.54) is 28.4 Å². The number of nitrogens with one attached hydrogen (secondary N) is 4. The first-order valence-corrected chi connectivity index (χ1v) is 41.6. The van der Waals surface area contributed by atoms with Crippen molar-refractivity contribution in [2.24, 2.45) is 37.8 Å². The number of imidazole rings is 2. The third-order valence-electron chi connectivity index (χ3n) is 22.3. The zero-order valence-electron chi connectivity index (χ0n) is 69.3. The molecule has 2 aliphatic carbocycles. The highest BCUT2D eigenvalue weighted by Crippen LogP contribution is 2.44. The first-order chi connectivity index (χ1) is 57.2. The Morgan fingerprint density at radius 3 is 1.25 bits per heavy atom. The summed E-state index contributed by atoms with van der Waals surface area (Å²) in [6.07, 6.45) is 8.98. The number of carbonyl (C=O) groups excluding carboxylic acids is 8. The molecule has 4 aliphatic heterocycles. The van der Waals surface area contributed by atoms with Gasteiger partial charge >= 0.3 is 24.1 Å². The minimum atomic E-state index is -0.720. The highest BCUT2D eigenvalue weighted by atomic mass is 35.5. The van der Waals surface area contributed by atoms with Gasteiger partial charge in [0.25, 0.3) is 11.8 Å². The Balaban J connectivity index is 0.000000207. The summed E-state index contributed by atoms with van der Waals surface area (Å²) in [5, 5.41) is 12.8. The van der Waals surface area contributed by atoms with E-state index in [0.717, 1.165) is 87.5 Å². The van der Waals surface area contributed by atoms with Gasteiger partial charge < -0.3 is 68.6 Å². The summed E-state index contributed by atoms with van der Waals surface area (Å²) < 4.78 is 36.3. The average Bonchev–Trinajstić information content (AvgIpc) is 0.935. The number of fused-ring (bicyclic) bond motifs is 2. The maximum Gasteiger partial charge on any atom is 0.410 e. The second-order valence-corrected chi connectivity index (χ2v) is 34.7. The van der Waals surface area contributed by atoms with Gasteiger partial charge in [0.15, 0.2) is 11.6 Å². The molecule has 2 saturated carbocycles. The Labute approximate surface area is 716 Å². The molecule has 0 bridgehead atoms. The summed E-state index contributed by atoms with van der Waals surface area (Å²) in [5.74, 6) is 0.811. The Kier molecular flexibility index (Phi) is 27.1. The molecule has 30 nitrogen and oxygen atoms in total. The van der Waals surface area contributed by atoms with Crippen molar-refractivity contribution in [1.82, 2.24) is 69.3 Å². The van der Waals surface area contributed by atoms with E-state index in [-0.39, 0.29) is 117 Å². The van der Waals surface area contributed by atoms with Gasteiger partial charge in [0.05, 0.1) is 130 Å². The molecule has 10 heterocycles. The quantitative estimate of drug-likeness (QED) is 0.0322. The van der Waals surface area contributed by atoms with E-state index in [1.54, 1.807) is 124 Å². The van der Waals surface area contributed by atoms with Crippen LogP contribution in [0.4, 0.5) is 21.0 Å². The number of ether oxygens (including phenoxy) is 6. The summed E-state index contributed by atoms with van der Waals surface area (Å²) in [4.78, 5) is 138. The van der Waals surface area contributed by atoms with E-state index < -0.39 is 35.2 Å². The second kappa shape index (κ2) is 37.2. The fourth-order valence-corrected chi connectivity index (χ4v) is 17.3. The van der Waals surface area contributed by atoms with Crippen molar-refractivity contribution in [1.29, 1.82) is 0 Å². The molecule has 14 rings (SSSR count). The molecule has 2 atom stereocenters. The topological polar surface area (TPSA) is 340 Å². The molecule has 0 spiro atoms. The summed E-state index contributed by atoms with van der Waals surface area (Å²) in [5.41, 5.74) is 8.17. The Hall–Kier alpha value is -10.5. The number of carbonyl (C=O) groups is 8. The molecular formula is C86H100Cl4N16O14. The fraction of sp³-hybridized carbons (Fsp3) is 0.465. The van der Waals surface area contributed by atoms with Crippen LogP contribution in [-0.4, -0.2) is 197 Å². The maximum absolute atomic E-state index is 13.7. The summed E-state index contributed by atoms with van der Waals surface area (Å²) in [6, 6.07) is 20.7. The van der Waals surface area contributed by atoms with E-state index in [1.807, 2.05) is 35.4 Å². The van der Waals surface area contributed by atoms with Crippen LogP contribution in [0, 0.1) is 23.7 Å². The fourth-order valence-electron chi connectivity index (χ4n) is 16.1. The summed E-state index contributed by atoms with van der Waals surface area (Å²) >= 11 is 28.1. The molecule has 6 aromatic heterocycles. The minimum absolute atomic E-state index is 0.00971. The highest BCUT2D eigenvalue weighted by molar-refractivity contribution is 6.40. The molecule has 6 aliphatic rings. The smallest absolute Gasteiger partial charge is 0.410 e.